The van der Waals surface area contributed by atoms with Gasteiger partial charge >= 0.3 is 5.97 Å². The summed E-state index contributed by atoms with van der Waals surface area (Å²) in [5.41, 5.74) is 0. The maximum absolute atomic E-state index is 11.2. The Morgan fingerprint density at radius 1 is 1.23 bits per heavy atom. The molecule has 2 nitrogen and oxygen atoms in total. The summed E-state index contributed by atoms with van der Waals surface area (Å²) in [5, 5.41) is 0. The van der Waals surface area contributed by atoms with Gasteiger partial charge in [-0.1, -0.05) is 19.3 Å². The second-order valence-corrected chi connectivity index (χ2v) is 3.09. The zero-order chi connectivity index (χ0) is 8.10. The highest BCUT2D eigenvalue weighted by Gasteiger charge is 2.21. The normalized spacial score (nSPS) is 16.7. The first-order valence-electron chi connectivity index (χ1n) is 4.51. The van der Waals surface area contributed by atoms with Crippen LogP contribution >= 0.6 is 24.8 Å². The van der Waals surface area contributed by atoms with Crippen LogP contribution in [-0.2, 0) is 9.53 Å². The van der Waals surface area contributed by atoms with Crippen LogP contribution in [0.5, 0.6) is 0 Å². The van der Waals surface area contributed by atoms with Gasteiger partial charge in [-0.2, -0.15) is 0 Å². The number of carbonyl (C=O) groups excluding carboxylic acids is 1. The van der Waals surface area contributed by atoms with Crippen molar-refractivity contribution in [2.24, 2.45) is 5.92 Å². The summed E-state index contributed by atoms with van der Waals surface area (Å²) in [6.07, 6.45) is 5.76. The van der Waals surface area contributed by atoms with E-state index in [1.807, 2.05) is 6.92 Å². The van der Waals surface area contributed by atoms with Crippen molar-refractivity contribution < 1.29 is 9.53 Å². The monoisotopic (exact) mass is 228 g/mol. The van der Waals surface area contributed by atoms with Gasteiger partial charge in [0.05, 0.1) is 12.5 Å². The average molecular weight is 229 g/mol. The predicted octanol–water partition coefficient (Wildman–Crippen LogP) is 2.97. The summed E-state index contributed by atoms with van der Waals surface area (Å²) in [7, 11) is 0. The quantitative estimate of drug-likeness (QED) is 0.680. The van der Waals surface area contributed by atoms with Crippen molar-refractivity contribution in [3.63, 3.8) is 0 Å². The number of hydrogen-bond acceptors (Lipinski definition) is 2. The number of halogens is 2. The highest BCUT2D eigenvalue weighted by Crippen LogP contribution is 2.24. The molecule has 13 heavy (non-hydrogen) atoms. The van der Waals surface area contributed by atoms with Gasteiger partial charge in [-0.25, -0.2) is 0 Å². The lowest BCUT2D eigenvalue weighted by molar-refractivity contribution is -0.149. The number of ether oxygens (including phenoxy) is 1. The fourth-order valence-electron chi connectivity index (χ4n) is 1.60. The molecule has 1 fully saturated rings. The molecule has 0 aromatic heterocycles. The number of carbonyl (C=O) groups is 1. The molecular weight excluding hydrogens is 211 g/mol. The standard InChI is InChI=1S/C9H16O2.2ClH/c1-2-11-9(10)8-6-4-3-5-7-8;;/h8H,2-7H2,1H3;2*1H. The minimum absolute atomic E-state index is 0. The first kappa shape index (κ1) is 15.5. The highest BCUT2D eigenvalue weighted by atomic mass is 35.5. The Kier molecular flexibility index (Phi) is 10.3. The molecule has 1 aliphatic rings. The van der Waals surface area contributed by atoms with Gasteiger partial charge in [-0.3, -0.25) is 4.79 Å². The third kappa shape index (κ3) is 5.37. The van der Waals surface area contributed by atoms with Gasteiger partial charge in [0.2, 0.25) is 0 Å². The molecule has 0 aromatic rings. The van der Waals surface area contributed by atoms with E-state index in [1.54, 1.807) is 0 Å². The van der Waals surface area contributed by atoms with Crippen molar-refractivity contribution in [3.05, 3.63) is 0 Å². The van der Waals surface area contributed by atoms with Crippen LogP contribution in [-0.4, -0.2) is 12.6 Å². The van der Waals surface area contributed by atoms with Gasteiger partial charge in [-0.15, -0.1) is 24.8 Å². The van der Waals surface area contributed by atoms with Gasteiger partial charge in [0.15, 0.2) is 0 Å². The van der Waals surface area contributed by atoms with E-state index in [0.717, 1.165) is 12.8 Å². The third-order valence-electron chi connectivity index (χ3n) is 2.23. The molecule has 80 valence electrons. The lowest BCUT2D eigenvalue weighted by Crippen LogP contribution is -2.20. The maximum atomic E-state index is 11.2. The second-order valence-electron chi connectivity index (χ2n) is 3.09. The Bertz CT molecular complexity index is 134. The molecule has 0 atom stereocenters. The third-order valence-corrected chi connectivity index (χ3v) is 2.23. The van der Waals surface area contributed by atoms with E-state index in [0.29, 0.717) is 6.61 Å². The molecule has 0 saturated heterocycles. The zero-order valence-corrected chi connectivity index (χ0v) is 9.59. The van der Waals surface area contributed by atoms with Gasteiger partial charge in [-0.05, 0) is 19.8 Å². The van der Waals surface area contributed by atoms with Crippen LogP contribution in [0, 0.1) is 5.92 Å². The predicted molar refractivity (Wildman–Crippen MR) is 57.7 cm³/mol. The largest absolute Gasteiger partial charge is 0.466 e. The van der Waals surface area contributed by atoms with Crippen molar-refractivity contribution in [1.29, 1.82) is 0 Å². The Balaban J connectivity index is 0. The fraction of sp³-hybridized carbons (Fsp3) is 0.889. The van der Waals surface area contributed by atoms with Crippen LogP contribution in [0.15, 0.2) is 0 Å². The first-order valence-corrected chi connectivity index (χ1v) is 4.51. The maximum Gasteiger partial charge on any atom is 0.308 e. The lowest BCUT2D eigenvalue weighted by atomic mass is 9.89. The van der Waals surface area contributed by atoms with Crippen LogP contribution in [0.25, 0.3) is 0 Å². The van der Waals surface area contributed by atoms with Crippen molar-refractivity contribution >= 4 is 30.8 Å². The molecule has 1 rings (SSSR count). The molecular formula is C9H18Cl2O2. The smallest absolute Gasteiger partial charge is 0.308 e. The average Bonchev–Trinajstić information content (AvgIpc) is 2.07. The van der Waals surface area contributed by atoms with E-state index in [4.69, 9.17) is 4.74 Å². The Morgan fingerprint density at radius 2 is 1.77 bits per heavy atom. The van der Waals surface area contributed by atoms with Crippen molar-refractivity contribution in [2.45, 2.75) is 39.0 Å². The van der Waals surface area contributed by atoms with Gasteiger partial charge in [0, 0.05) is 0 Å². The van der Waals surface area contributed by atoms with Crippen LogP contribution in [0.2, 0.25) is 0 Å². The molecule has 0 N–H and O–H groups in total. The van der Waals surface area contributed by atoms with Gasteiger partial charge in [0.1, 0.15) is 0 Å². The summed E-state index contributed by atoms with van der Waals surface area (Å²) < 4.78 is 4.94. The topological polar surface area (TPSA) is 26.3 Å². The summed E-state index contributed by atoms with van der Waals surface area (Å²) in [5.74, 6) is 0.232. The number of esters is 1. The Morgan fingerprint density at radius 3 is 2.23 bits per heavy atom. The number of rotatable bonds is 2. The SMILES string of the molecule is CCOC(=O)C1CCCCC1.Cl.Cl. The fourth-order valence-corrected chi connectivity index (χ4v) is 1.60. The summed E-state index contributed by atoms with van der Waals surface area (Å²) in [4.78, 5) is 11.2. The molecule has 0 spiro atoms. The Hall–Kier alpha value is 0.0500. The molecule has 0 aromatic carbocycles. The van der Waals surface area contributed by atoms with E-state index >= 15 is 0 Å². The van der Waals surface area contributed by atoms with Crippen molar-refractivity contribution in [1.82, 2.24) is 0 Å². The summed E-state index contributed by atoms with van der Waals surface area (Å²) in [6.45, 7) is 2.38. The number of hydrogen-bond donors (Lipinski definition) is 0. The molecule has 0 bridgehead atoms. The molecule has 0 aliphatic heterocycles. The van der Waals surface area contributed by atoms with E-state index in [1.165, 1.54) is 19.3 Å². The second kappa shape index (κ2) is 8.64. The van der Waals surface area contributed by atoms with E-state index in [-0.39, 0.29) is 36.7 Å². The summed E-state index contributed by atoms with van der Waals surface area (Å²) in [6, 6.07) is 0. The molecule has 1 aliphatic carbocycles. The molecule has 1 saturated carbocycles. The van der Waals surface area contributed by atoms with Crippen LogP contribution < -0.4 is 0 Å². The minimum atomic E-state index is 0. The van der Waals surface area contributed by atoms with Crippen LogP contribution in [0.3, 0.4) is 0 Å². The van der Waals surface area contributed by atoms with Crippen LogP contribution in [0.1, 0.15) is 39.0 Å². The molecule has 0 radical (unpaired) electrons. The van der Waals surface area contributed by atoms with Crippen molar-refractivity contribution in [2.75, 3.05) is 6.61 Å². The Labute approximate surface area is 92.2 Å². The molecule has 0 heterocycles. The van der Waals surface area contributed by atoms with E-state index in [9.17, 15) is 4.79 Å². The molecule has 0 amide bonds. The van der Waals surface area contributed by atoms with Gasteiger partial charge < -0.3 is 4.74 Å². The first-order chi connectivity index (χ1) is 5.34. The van der Waals surface area contributed by atoms with E-state index < -0.39 is 0 Å². The van der Waals surface area contributed by atoms with Crippen LogP contribution in [0.4, 0.5) is 0 Å². The van der Waals surface area contributed by atoms with E-state index in [2.05, 4.69) is 0 Å². The lowest BCUT2D eigenvalue weighted by Gasteiger charge is -2.19. The molecule has 4 heteroatoms. The van der Waals surface area contributed by atoms with Crippen molar-refractivity contribution in [3.8, 4) is 0 Å². The molecule has 0 unspecified atom stereocenters. The highest BCUT2D eigenvalue weighted by molar-refractivity contribution is 5.85. The van der Waals surface area contributed by atoms with Gasteiger partial charge in [0.25, 0.3) is 0 Å². The zero-order valence-electron chi connectivity index (χ0n) is 7.95. The minimum Gasteiger partial charge on any atom is -0.466 e. The summed E-state index contributed by atoms with van der Waals surface area (Å²) >= 11 is 0.